The van der Waals surface area contributed by atoms with Gasteiger partial charge in [0.05, 0.1) is 6.17 Å². The molecule has 0 radical (unpaired) electrons. The standard InChI is InChI=1S/C13H20N2O3/c1-9(2)12(13(16)17)15(18)11(14)8-10-6-4-3-5-7-10/h3-7,9,11-12,18H,8,14H2,1-2H3,(H,16,17). The number of benzene rings is 1. The van der Waals surface area contributed by atoms with E-state index in [0.29, 0.717) is 6.42 Å². The third-order valence-corrected chi connectivity index (χ3v) is 2.80. The summed E-state index contributed by atoms with van der Waals surface area (Å²) in [6, 6.07) is 8.42. The molecule has 0 fully saturated rings. The normalized spacial score (nSPS) is 14.8. The first kappa shape index (κ1) is 14.6. The Morgan fingerprint density at radius 3 is 2.33 bits per heavy atom. The molecule has 0 aliphatic heterocycles. The molecule has 1 aromatic carbocycles. The van der Waals surface area contributed by atoms with E-state index in [9.17, 15) is 10.0 Å². The van der Waals surface area contributed by atoms with Crippen LogP contribution in [-0.4, -0.2) is 33.6 Å². The van der Waals surface area contributed by atoms with Crippen LogP contribution >= 0.6 is 0 Å². The second-order valence-electron chi connectivity index (χ2n) is 4.66. The maximum atomic E-state index is 11.1. The van der Waals surface area contributed by atoms with E-state index in [1.54, 1.807) is 13.8 Å². The predicted molar refractivity (Wildman–Crippen MR) is 68.0 cm³/mol. The van der Waals surface area contributed by atoms with Crippen LogP contribution in [0.1, 0.15) is 19.4 Å². The molecule has 18 heavy (non-hydrogen) atoms. The number of hydrogen-bond acceptors (Lipinski definition) is 4. The van der Waals surface area contributed by atoms with Gasteiger partial charge in [-0.2, -0.15) is 5.06 Å². The van der Waals surface area contributed by atoms with E-state index in [4.69, 9.17) is 10.8 Å². The Labute approximate surface area is 107 Å². The molecule has 1 rings (SSSR count). The highest BCUT2D eigenvalue weighted by atomic mass is 16.5. The molecule has 1 aromatic rings. The molecule has 0 amide bonds. The molecular formula is C13H20N2O3. The van der Waals surface area contributed by atoms with Crippen molar-refractivity contribution in [2.75, 3.05) is 0 Å². The van der Waals surface area contributed by atoms with Crippen molar-refractivity contribution in [2.45, 2.75) is 32.5 Å². The van der Waals surface area contributed by atoms with Gasteiger partial charge in [0.1, 0.15) is 6.04 Å². The summed E-state index contributed by atoms with van der Waals surface area (Å²) in [6.45, 7) is 3.47. The maximum absolute atomic E-state index is 11.1. The number of rotatable bonds is 6. The second kappa shape index (κ2) is 6.49. The Hall–Kier alpha value is -1.43. The van der Waals surface area contributed by atoms with E-state index in [-0.39, 0.29) is 5.92 Å². The van der Waals surface area contributed by atoms with Gasteiger partial charge in [-0.05, 0) is 11.5 Å². The van der Waals surface area contributed by atoms with Crippen LogP contribution in [0.15, 0.2) is 30.3 Å². The fourth-order valence-corrected chi connectivity index (χ4v) is 1.86. The largest absolute Gasteiger partial charge is 0.480 e. The smallest absolute Gasteiger partial charge is 0.323 e. The first-order chi connectivity index (χ1) is 8.43. The Balaban J connectivity index is 2.71. The van der Waals surface area contributed by atoms with Gasteiger partial charge in [-0.15, -0.1) is 0 Å². The van der Waals surface area contributed by atoms with Gasteiger partial charge in [0.2, 0.25) is 0 Å². The summed E-state index contributed by atoms with van der Waals surface area (Å²) in [5.74, 6) is -1.30. The molecule has 0 heterocycles. The lowest BCUT2D eigenvalue weighted by atomic mass is 10.0. The van der Waals surface area contributed by atoms with Crippen molar-refractivity contribution in [1.82, 2.24) is 5.06 Å². The van der Waals surface area contributed by atoms with Crippen molar-refractivity contribution in [3.05, 3.63) is 35.9 Å². The molecule has 0 aromatic heterocycles. The lowest BCUT2D eigenvalue weighted by Crippen LogP contribution is -2.52. The third-order valence-electron chi connectivity index (χ3n) is 2.80. The third kappa shape index (κ3) is 3.80. The lowest BCUT2D eigenvalue weighted by Gasteiger charge is -2.30. The van der Waals surface area contributed by atoms with Crippen molar-refractivity contribution < 1.29 is 15.1 Å². The molecule has 4 N–H and O–H groups in total. The zero-order valence-electron chi connectivity index (χ0n) is 10.7. The maximum Gasteiger partial charge on any atom is 0.323 e. The zero-order valence-corrected chi connectivity index (χ0v) is 10.7. The van der Waals surface area contributed by atoms with E-state index < -0.39 is 18.2 Å². The van der Waals surface area contributed by atoms with Gasteiger partial charge in [0.25, 0.3) is 0 Å². The number of aliphatic carboxylic acids is 1. The van der Waals surface area contributed by atoms with E-state index in [1.165, 1.54) is 0 Å². The van der Waals surface area contributed by atoms with Crippen LogP contribution in [0.2, 0.25) is 0 Å². The molecule has 0 aliphatic rings. The average Bonchev–Trinajstić information content (AvgIpc) is 2.29. The lowest BCUT2D eigenvalue weighted by molar-refractivity contribution is -0.190. The van der Waals surface area contributed by atoms with Gasteiger partial charge in [0.15, 0.2) is 0 Å². The van der Waals surface area contributed by atoms with Crippen LogP contribution in [0, 0.1) is 5.92 Å². The quantitative estimate of drug-likeness (QED) is 0.525. The Bertz CT molecular complexity index is 381. The predicted octanol–water partition coefficient (Wildman–Crippen LogP) is 1.31. The Morgan fingerprint density at radius 2 is 1.89 bits per heavy atom. The first-order valence-corrected chi connectivity index (χ1v) is 5.93. The summed E-state index contributed by atoms with van der Waals surface area (Å²) < 4.78 is 0. The van der Waals surface area contributed by atoms with Crippen LogP contribution in [0.4, 0.5) is 0 Å². The van der Waals surface area contributed by atoms with Gasteiger partial charge >= 0.3 is 5.97 Å². The molecule has 5 heteroatoms. The van der Waals surface area contributed by atoms with Crippen molar-refractivity contribution in [2.24, 2.45) is 11.7 Å². The van der Waals surface area contributed by atoms with Gasteiger partial charge in [-0.1, -0.05) is 44.2 Å². The van der Waals surface area contributed by atoms with E-state index in [2.05, 4.69) is 0 Å². The fourth-order valence-electron chi connectivity index (χ4n) is 1.86. The minimum atomic E-state index is -1.07. The molecule has 0 spiro atoms. The Kier molecular flexibility index (Phi) is 5.27. The van der Waals surface area contributed by atoms with Crippen molar-refractivity contribution in [3.8, 4) is 0 Å². The number of hydrogen-bond donors (Lipinski definition) is 3. The van der Waals surface area contributed by atoms with Gasteiger partial charge in [-0.3, -0.25) is 4.79 Å². The molecule has 100 valence electrons. The molecule has 0 bridgehead atoms. The van der Waals surface area contributed by atoms with Crippen molar-refractivity contribution >= 4 is 5.97 Å². The monoisotopic (exact) mass is 252 g/mol. The molecule has 2 atom stereocenters. The SMILES string of the molecule is CC(C)C(C(=O)O)N(O)C(N)Cc1ccccc1. The van der Waals surface area contributed by atoms with Crippen molar-refractivity contribution in [3.63, 3.8) is 0 Å². The van der Waals surface area contributed by atoms with E-state index >= 15 is 0 Å². The Morgan fingerprint density at radius 1 is 1.33 bits per heavy atom. The number of carboxylic acids is 1. The topological polar surface area (TPSA) is 86.8 Å². The highest BCUT2D eigenvalue weighted by Crippen LogP contribution is 2.13. The van der Waals surface area contributed by atoms with E-state index in [1.807, 2.05) is 30.3 Å². The number of carboxylic acid groups (broad SMARTS) is 1. The minimum absolute atomic E-state index is 0.227. The molecule has 0 aliphatic carbocycles. The van der Waals surface area contributed by atoms with Crippen LogP contribution in [0.3, 0.4) is 0 Å². The number of nitrogens with zero attached hydrogens (tertiary/aromatic N) is 1. The van der Waals surface area contributed by atoms with Crippen LogP contribution in [0.5, 0.6) is 0 Å². The van der Waals surface area contributed by atoms with Crippen LogP contribution in [0.25, 0.3) is 0 Å². The second-order valence-corrected chi connectivity index (χ2v) is 4.66. The number of nitrogens with two attached hydrogens (primary N) is 1. The summed E-state index contributed by atoms with van der Waals surface area (Å²) in [5.41, 5.74) is 6.79. The molecule has 0 saturated carbocycles. The first-order valence-electron chi connectivity index (χ1n) is 5.93. The highest BCUT2D eigenvalue weighted by Gasteiger charge is 2.31. The molecular weight excluding hydrogens is 232 g/mol. The van der Waals surface area contributed by atoms with Gasteiger partial charge < -0.3 is 16.0 Å². The van der Waals surface area contributed by atoms with Gasteiger partial charge in [0, 0.05) is 6.42 Å². The van der Waals surface area contributed by atoms with Crippen LogP contribution < -0.4 is 5.73 Å². The summed E-state index contributed by atoms with van der Waals surface area (Å²) in [7, 11) is 0. The highest BCUT2D eigenvalue weighted by molar-refractivity contribution is 5.73. The fraction of sp³-hybridized carbons (Fsp3) is 0.462. The summed E-state index contributed by atoms with van der Waals surface area (Å²) in [4.78, 5) is 11.1. The molecule has 2 unspecified atom stereocenters. The van der Waals surface area contributed by atoms with E-state index in [0.717, 1.165) is 10.6 Å². The summed E-state index contributed by atoms with van der Waals surface area (Å²) >= 11 is 0. The van der Waals surface area contributed by atoms with Crippen LogP contribution in [-0.2, 0) is 11.2 Å². The molecule has 5 nitrogen and oxygen atoms in total. The summed E-state index contributed by atoms with van der Waals surface area (Å²) in [6.07, 6.45) is -0.343. The molecule has 0 saturated heterocycles. The summed E-state index contributed by atoms with van der Waals surface area (Å²) in [5, 5.41) is 19.7. The number of carbonyl (C=O) groups is 1. The van der Waals surface area contributed by atoms with Crippen molar-refractivity contribution in [1.29, 1.82) is 0 Å². The average molecular weight is 252 g/mol. The number of hydroxylamine groups is 2. The van der Waals surface area contributed by atoms with Gasteiger partial charge in [-0.25, -0.2) is 0 Å². The zero-order chi connectivity index (χ0) is 13.7. The minimum Gasteiger partial charge on any atom is -0.480 e.